The Kier molecular flexibility index (Phi) is 6.40. The molecule has 1 fully saturated rings. The summed E-state index contributed by atoms with van der Waals surface area (Å²) in [4.78, 5) is 39.2. The Labute approximate surface area is 153 Å². The van der Waals surface area contributed by atoms with Gasteiger partial charge in [0.1, 0.15) is 12.1 Å². The fourth-order valence-corrected chi connectivity index (χ4v) is 4.04. The van der Waals surface area contributed by atoms with E-state index in [1.54, 1.807) is 12.1 Å². The Morgan fingerprint density at radius 3 is 2.62 bits per heavy atom. The molecule has 1 aliphatic heterocycles. The first kappa shape index (κ1) is 18.9. The van der Waals surface area contributed by atoms with Crippen molar-refractivity contribution in [1.29, 1.82) is 0 Å². The quantitative estimate of drug-likeness (QED) is 0.747. The zero-order valence-electron chi connectivity index (χ0n) is 13.9. The topological polar surface area (TPSA) is 75.7 Å². The van der Waals surface area contributed by atoms with E-state index in [9.17, 15) is 14.4 Å². The molecule has 1 aromatic rings. The van der Waals surface area contributed by atoms with Crippen LogP contribution in [0.2, 0.25) is 0 Å². The van der Waals surface area contributed by atoms with Crippen LogP contribution in [0.25, 0.3) is 0 Å². The van der Waals surface area contributed by atoms with Crippen LogP contribution >= 0.6 is 27.3 Å². The molecule has 1 N–H and O–H groups in total. The number of carbonyl (C=O) groups excluding carboxylic acids is 3. The Balaban J connectivity index is 2.13. The van der Waals surface area contributed by atoms with Crippen molar-refractivity contribution in [3.63, 3.8) is 0 Å². The molecule has 1 unspecified atom stereocenters. The minimum absolute atomic E-state index is 0.0938. The summed E-state index contributed by atoms with van der Waals surface area (Å²) in [5, 5.41) is 2.81. The van der Waals surface area contributed by atoms with Crippen LogP contribution in [-0.2, 0) is 14.3 Å². The second kappa shape index (κ2) is 8.11. The molecule has 1 aromatic heterocycles. The number of carbonyl (C=O) groups is 3. The van der Waals surface area contributed by atoms with E-state index in [0.29, 0.717) is 17.8 Å². The van der Waals surface area contributed by atoms with Crippen LogP contribution in [0.15, 0.2) is 15.9 Å². The molecule has 6 nitrogen and oxygen atoms in total. The van der Waals surface area contributed by atoms with Gasteiger partial charge in [-0.05, 0) is 46.8 Å². The number of rotatable bonds is 5. The second-order valence-corrected chi connectivity index (χ2v) is 8.47. The number of nitrogens with one attached hydrogen (secondary N) is 1. The van der Waals surface area contributed by atoms with Crippen LogP contribution in [0.5, 0.6) is 0 Å². The minimum Gasteiger partial charge on any atom is -0.467 e. The van der Waals surface area contributed by atoms with Gasteiger partial charge in [0.05, 0.1) is 15.8 Å². The highest BCUT2D eigenvalue weighted by Crippen LogP contribution is 2.24. The van der Waals surface area contributed by atoms with E-state index in [0.717, 1.165) is 10.2 Å². The number of esters is 1. The number of amides is 2. The number of hydrogen-bond donors (Lipinski definition) is 1. The smallest absolute Gasteiger partial charge is 0.328 e. The predicted octanol–water partition coefficient (Wildman–Crippen LogP) is 2.43. The Bertz CT molecular complexity index is 631. The van der Waals surface area contributed by atoms with Crippen molar-refractivity contribution in [3.8, 4) is 0 Å². The first-order valence-corrected chi connectivity index (χ1v) is 9.40. The lowest BCUT2D eigenvalue weighted by atomic mass is 10.0. The van der Waals surface area contributed by atoms with Crippen molar-refractivity contribution < 1.29 is 19.1 Å². The zero-order valence-corrected chi connectivity index (χ0v) is 16.3. The molecule has 132 valence electrons. The molecule has 0 spiro atoms. The van der Waals surface area contributed by atoms with Crippen molar-refractivity contribution in [1.82, 2.24) is 10.2 Å². The summed E-state index contributed by atoms with van der Waals surface area (Å²) in [6.45, 7) is 4.25. The molecule has 0 bridgehead atoms. The van der Waals surface area contributed by atoms with E-state index in [4.69, 9.17) is 4.74 Å². The van der Waals surface area contributed by atoms with Gasteiger partial charge >= 0.3 is 5.97 Å². The van der Waals surface area contributed by atoms with Gasteiger partial charge in [-0.1, -0.05) is 13.8 Å². The van der Waals surface area contributed by atoms with E-state index >= 15 is 0 Å². The monoisotopic (exact) mass is 416 g/mol. The summed E-state index contributed by atoms with van der Waals surface area (Å²) in [6.07, 6.45) is 1.34. The van der Waals surface area contributed by atoms with E-state index < -0.39 is 18.1 Å². The molecule has 0 radical (unpaired) electrons. The van der Waals surface area contributed by atoms with Crippen LogP contribution in [0.3, 0.4) is 0 Å². The standard InChI is InChI=1S/C16H21BrN2O4S/c1-9(2)13(18-14(20)11-6-7-12(17)24-11)15(21)19-8-4-5-10(19)16(22)23-3/h6-7,9-10,13H,4-5,8H2,1-3H3,(H,18,20)/t10-,13?/m0/s1. The summed E-state index contributed by atoms with van der Waals surface area (Å²) >= 11 is 4.63. The molecule has 1 aliphatic rings. The number of methoxy groups -OCH3 is 1. The fraction of sp³-hybridized carbons (Fsp3) is 0.562. The first-order chi connectivity index (χ1) is 11.3. The molecule has 2 rings (SSSR count). The molecule has 2 heterocycles. The molecule has 24 heavy (non-hydrogen) atoms. The SMILES string of the molecule is COC(=O)[C@@H]1CCCN1C(=O)C(NC(=O)c1ccc(Br)s1)C(C)C. The van der Waals surface area contributed by atoms with Crippen LogP contribution in [0, 0.1) is 5.92 Å². The third-order valence-corrected chi connectivity index (χ3v) is 5.65. The third kappa shape index (κ3) is 4.16. The number of hydrogen-bond acceptors (Lipinski definition) is 5. The number of likely N-dealkylation sites (tertiary alicyclic amines) is 1. The van der Waals surface area contributed by atoms with Gasteiger partial charge in [0, 0.05) is 6.54 Å². The first-order valence-electron chi connectivity index (χ1n) is 7.79. The molecule has 1 saturated heterocycles. The van der Waals surface area contributed by atoms with Gasteiger partial charge in [0.2, 0.25) is 5.91 Å². The zero-order chi connectivity index (χ0) is 17.9. The van der Waals surface area contributed by atoms with E-state index in [-0.39, 0.29) is 17.7 Å². The highest BCUT2D eigenvalue weighted by molar-refractivity contribution is 9.11. The third-order valence-electron chi connectivity index (χ3n) is 4.03. The maximum Gasteiger partial charge on any atom is 0.328 e. The summed E-state index contributed by atoms with van der Waals surface area (Å²) in [7, 11) is 1.32. The van der Waals surface area contributed by atoms with E-state index in [2.05, 4.69) is 21.2 Å². The van der Waals surface area contributed by atoms with Gasteiger partial charge < -0.3 is 15.0 Å². The van der Waals surface area contributed by atoms with E-state index in [1.807, 2.05) is 13.8 Å². The molecule has 2 atom stereocenters. The fourth-order valence-electron chi connectivity index (χ4n) is 2.75. The maximum atomic E-state index is 12.9. The van der Waals surface area contributed by atoms with Crippen LogP contribution in [0.4, 0.5) is 0 Å². The number of nitrogens with zero attached hydrogens (tertiary/aromatic N) is 1. The van der Waals surface area contributed by atoms with Gasteiger partial charge in [0.15, 0.2) is 0 Å². The lowest BCUT2D eigenvalue weighted by Gasteiger charge is -2.29. The molecule has 0 saturated carbocycles. The predicted molar refractivity (Wildman–Crippen MR) is 94.9 cm³/mol. The summed E-state index contributed by atoms with van der Waals surface area (Å²) < 4.78 is 5.64. The van der Waals surface area contributed by atoms with Gasteiger partial charge in [-0.15, -0.1) is 11.3 Å². The van der Waals surface area contributed by atoms with Crippen molar-refractivity contribution in [2.45, 2.75) is 38.8 Å². The molecular formula is C16H21BrN2O4S. The number of ether oxygens (including phenoxy) is 1. The molecule has 8 heteroatoms. The number of halogens is 1. The summed E-state index contributed by atoms with van der Waals surface area (Å²) in [5.74, 6) is -1.02. The van der Waals surface area contributed by atoms with Crippen LogP contribution in [0.1, 0.15) is 36.4 Å². The molecular weight excluding hydrogens is 396 g/mol. The van der Waals surface area contributed by atoms with Crippen molar-refractivity contribution in [2.24, 2.45) is 5.92 Å². The van der Waals surface area contributed by atoms with Gasteiger partial charge in [-0.25, -0.2) is 4.79 Å². The van der Waals surface area contributed by atoms with Crippen molar-refractivity contribution in [3.05, 3.63) is 20.8 Å². The van der Waals surface area contributed by atoms with Gasteiger partial charge in [-0.3, -0.25) is 9.59 Å². The van der Waals surface area contributed by atoms with Gasteiger partial charge in [0.25, 0.3) is 5.91 Å². The van der Waals surface area contributed by atoms with Crippen molar-refractivity contribution in [2.75, 3.05) is 13.7 Å². The van der Waals surface area contributed by atoms with Crippen molar-refractivity contribution >= 4 is 45.1 Å². The Morgan fingerprint density at radius 2 is 2.08 bits per heavy atom. The van der Waals surface area contributed by atoms with Gasteiger partial charge in [-0.2, -0.15) is 0 Å². The average Bonchev–Trinajstić information content (AvgIpc) is 3.19. The Hall–Kier alpha value is -1.41. The van der Waals surface area contributed by atoms with Crippen LogP contribution < -0.4 is 5.32 Å². The highest BCUT2D eigenvalue weighted by atomic mass is 79.9. The lowest BCUT2D eigenvalue weighted by molar-refractivity contribution is -0.151. The Morgan fingerprint density at radius 1 is 1.38 bits per heavy atom. The largest absolute Gasteiger partial charge is 0.467 e. The molecule has 2 amide bonds. The lowest BCUT2D eigenvalue weighted by Crippen LogP contribution is -2.53. The maximum absolute atomic E-state index is 12.9. The minimum atomic E-state index is -0.677. The summed E-state index contributed by atoms with van der Waals surface area (Å²) in [5.41, 5.74) is 0. The summed E-state index contributed by atoms with van der Waals surface area (Å²) in [6, 6.07) is 2.26. The average molecular weight is 417 g/mol. The highest BCUT2D eigenvalue weighted by Gasteiger charge is 2.39. The van der Waals surface area contributed by atoms with Crippen LogP contribution in [-0.4, -0.2) is 48.4 Å². The second-order valence-electron chi connectivity index (χ2n) is 6.01. The van der Waals surface area contributed by atoms with E-state index in [1.165, 1.54) is 23.3 Å². The normalized spacial score (nSPS) is 18.5. The number of thiophene rings is 1. The molecule has 0 aliphatic carbocycles. The molecule has 0 aromatic carbocycles.